The van der Waals surface area contributed by atoms with E-state index in [0.717, 1.165) is 0 Å². The Morgan fingerprint density at radius 1 is 1.71 bits per heavy atom. The fourth-order valence-electron chi connectivity index (χ4n) is 0.467. The molecule has 1 saturated heterocycles. The zero-order chi connectivity index (χ0) is 5.28. The van der Waals surface area contributed by atoms with Crippen molar-refractivity contribution in [3.63, 3.8) is 0 Å². The summed E-state index contributed by atoms with van der Waals surface area (Å²) in [4.78, 5) is 8.58. The maximum absolute atomic E-state index is 8.58. The molecule has 4 heteroatoms. The molecule has 1 rings (SSSR count). The van der Waals surface area contributed by atoms with Crippen LogP contribution in [0.1, 0.15) is 6.42 Å². The van der Waals surface area contributed by atoms with Crippen LogP contribution in [0.4, 0.5) is 0 Å². The number of hydrogen-bond acceptors (Lipinski definition) is 3. The van der Waals surface area contributed by atoms with Gasteiger partial charge >= 0.3 is 0 Å². The fraction of sp³-hybridized carbons (Fsp3) is 1.00. The molecule has 7 heavy (non-hydrogen) atoms. The van der Waals surface area contributed by atoms with Crippen LogP contribution >= 0.6 is 8.38 Å². The van der Waals surface area contributed by atoms with E-state index in [9.17, 15) is 0 Å². The highest BCUT2D eigenvalue weighted by Crippen LogP contribution is 2.40. The first-order valence-corrected chi connectivity index (χ1v) is 3.50. The van der Waals surface area contributed by atoms with Crippen molar-refractivity contribution in [3.8, 4) is 0 Å². The van der Waals surface area contributed by atoms with Crippen LogP contribution in [0.15, 0.2) is 0 Å². The fourth-order valence-corrected chi connectivity index (χ4v) is 1.40. The summed E-state index contributed by atoms with van der Waals surface area (Å²) in [5, 5.41) is 8.53. The van der Waals surface area contributed by atoms with Gasteiger partial charge < -0.3 is 14.5 Å². The second-order valence-electron chi connectivity index (χ2n) is 1.42. The Kier molecular flexibility index (Phi) is 1.60. The van der Waals surface area contributed by atoms with Gasteiger partial charge in [0.05, 0.1) is 0 Å². The van der Waals surface area contributed by atoms with Crippen LogP contribution in [0, 0.1) is 0 Å². The number of aliphatic hydroxyl groups excluding tert-OH is 1. The van der Waals surface area contributed by atoms with Crippen LogP contribution in [0.25, 0.3) is 0 Å². The van der Waals surface area contributed by atoms with E-state index in [1.165, 1.54) is 0 Å². The maximum Gasteiger partial charge on any atom is 0.170 e. The SMILES string of the molecule is OC1CCP(O)O1. The zero-order valence-electron chi connectivity index (χ0n) is 3.74. The molecule has 0 aromatic rings. The lowest BCUT2D eigenvalue weighted by Crippen LogP contribution is -1.98. The molecule has 2 atom stereocenters. The Labute approximate surface area is 42.8 Å². The summed E-state index contributed by atoms with van der Waals surface area (Å²) in [6, 6.07) is 0. The quantitative estimate of drug-likeness (QED) is 0.445. The minimum Gasteiger partial charge on any atom is -0.368 e. The molecular weight excluding hydrogens is 115 g/mol. The summed E-state index contributed by atoms with van der Waals surface area (Å²) < 4.78 is 4.54. The second-order valence-corrected chi connectivity index (χ2v) is 2.79. The highest BCUT2D eigenvalue weighted by atomic mass is 31.2. The highest BCUT2D eigenvalue weighted by molar-refractivity contribution is 7.46. The standard InChI is InChI=1S/C3H7O3P/c4-3-1-2-7(5)6-3/h3-5H,1-2H2. The van der Waals surface area contributed by atoms with Crippen LogP contribution in [0.3, 0.4) is 0 Å². The van der Waals surface area contributed by atoms with E-state index >= 15 is 0 Å². The van der Waals surface area contributed by atoms with Gasteiger partial charge in [0.15, 0.2) is 14.7 Å². The van der Waals surface area contributed by atoms with Crippen molar-refractivity contribution in [1.82, 2.24) is 0 Å². The number of aliphatic hydroxyl groups is 1. The summed E-state index contributed by atoms with van der Waals surface area (Å²) in [6.07, 6.45) is 0.509. The third-order valence-corrected chi connectivity index (χ3v) is 1.94. The van der Waals surface area contributed by atoms with E-state index in [-0.39, 0.29) is 0 Å². The van der Waals surface area contributed by atoms with Crippen molar-refractivity contribution in [1.29, 1.82) is 0 Å². The van der Waals surface area contributed by atoms with E-state index in [0.29, 0.717) is 12.6 Å². The van der Waals surface area contributed by atoms with Gasteiger partial charge in [-0.3, -0.25) is 0 Å². The van der Waals surface area contributed by atoms with Gasteiger partial charge in [-0.05, 0) is 0 Å². The lowest BCUT2D eigenvalue weighted by molar-refractivity contribution is 0.000834. The predicted octanol–water partition coefficient (Wildman–Crippen LogP) is 0.0293. The Morgan fingerprint density at radius 2 is 2.43 bits per heavy atom. The van der Waals surface area contributed by atoms with Crippen molar-refractivity contribution in [2.45, 2.75) is 12.7 Å². The molecule has 0 saturated carbocycles. The van der Waals surface area contributed by atoms with Crippen molar-refractivity contribution < 1.29 is 14.5 Å². The summed E-state index contributed by atoms with van der Waals surface area (Å²) in [7, 11) is -1.25. The van der Waals surface area contributed by atoms with Gasteiger partial charge in [0.25, 0.3) is 0 Å². The van der Waals surface area contributed by atoms with Crippen LogP contribution in [-0.4, -0.2) is 22.5 Å². The molecule has 0 aromatic carbocycles. The molecule has 0 bridgehead atoms. The van der Waals surface area contributed by atoms with Crippen LogP contribution < -0.4 is 0 Å². The normalized spacial score (nSPS) is 42.0. The second kappa shape index (κ2) is 2.05. The first-order valence-electron chi connectivity index (χ1n) is 2.10. The molecular formula is C3H7O3P. The minimum atomic E-state index is -1.25. The van der Waals surface area contributed by atoms with Crippen molar-refractivity contribution in [2.24, 2.45) is 0 Å². The highest BCUT2D eigenvalue weighted by Gasteiger charge is 2.20. The number of hydrogen-bond donors (Lipinski definition) is 2. The summed E-state index contributed by atoms with van der Waals surface area (Å²) in [5.74, 6) is 0. The molecule has 1 aliphatic heterocycles. The van der Waals surface area contributed by atoms with Gasteiger partial charge in [0.1, 0.15) is 0 Å². The molecule has 0 radical (unpaired) electrons. The van der Waals surface area contributed by atoms with E-state index in [4.69, 9.17) is 10.00 Å². The van der Waals surface area contributed by atoms with E-state index in [1.807, 2.05) is 0 Å². The first kappa shape index (κ1) is 5.45. The van der Waals surface area contributed by atoms with Gasteiger partial charge in [-0.2, -0.15) is 0 Å². The molecule has 1 heterocycles. The molecule has 3 nitrogen and oxygen atoms in total. The lowest BCUT2D eigenvalue weighted by atomic mass is 10.5. The minimum absolute atomic E-state index is 0.586. The molecule has 2 unspecified atom stereocenters. The van der Waals surface area contributed by atoms with E-state index in [1.54, 1.807) is 0 Å². The van der Waals surface area contributed by atoms with Gasteiger partial charge in [-0.25, -0.2) is 0 Å². The third kappa shape index (κ3) is 1.35. The van der Waals surface area contributed by atoms with Crippen LogP contribution in [0.2, 0.25) is 0 Å². The van der Waals surface area contributed by atoms with Gasteiger partial charge in [0, 0.05) is 12.6 Å². The Balaban J connectivity index is 2.26. The molecule has 0 spiro atoms. The molecule has 42 valence electrons. The smallest absolute Gasteiger partial charge is 0.170 e. The lowest BCUT2D eigenvalue weighted by Gasteiger charge is -1.98. The molecule has 1 fully saturated rings. The summed E-state index contributed by atoms with van der Waals surface area (Å²) in [5.41, 5.74) is 0. The van der Waals surface area contributed by atoms with Crippen LogP contribution in [-0.2, 0) is 4.52 Å². The maximum atomic E-state index is 8.58. The summed E-state index contributed by atoms with van der Waals surface area (Å²) >= 11 is 0. The Bertz CT molecular complexity index is 59.2. The molecule has 0 aliphatic carbocycles. The summed E-state index contributed by atoms with van der Waals surface area (Å²) in [6.45, 7) is 0. The van der Waals surface area contributed by atoms with Crippen molar-refractivity contribution in [2.75, 3.05) is 6.16 Å². The first-order chi connectivity index (χ1) is 3.29. The largest absolute Gasteiger partial charge is 0.368 e. The average Bonchev–Trinajstić information content (AvgIpc) is 1.87. The molecule has 0 aromatic heterocycles. The predicted molar refractivity (Wildman–Crippen MR) is 25.7 cm³/mol. The van der Waals surface area contributed by atoms with Gasteiger partial charge in [-0.15, -0.1) is 0 Å². The van der Waals surface area contributed by atoms with Crippen molar-refractivity contribution >= 4 is 8.38 Å². The van der Waals surface area contributed by atoms with E-state index < -0.39 is 14.7 Å². The molecule has 2 N–H and O–H groups in total. The molecule has 1 aliphatic rings. The van der Waals surface area contributed by atoms with Crippen molar-refractivity contribution in [3.05, 3.63) is 0 Å². The topological polar surface area (TPSA) is 49.7 Å². The average molecular weight is 122 g/mol. The Hall–Kier alpha value is 0.310. The monoisotopic (exact) mass is 122 g/mol. The zero-order valence-corrected chi connectivity index (χ0v) is 4.64. The van der Waals surface area contributed by atoms with Gasteiger partial charge in [-0.1, -0.05) is 0 Å². The Morgan fingerprint density at radius 3 is 2.57 bits per heavy atom. The third-order valence-electron chi connectivity index (χ3n) is 0.811. The molecule has 0 amide bonds. The van der Waals surface area contributed by atoms with E-state index in [2.05, 4.69) is 4.52 Å². The van der Waals surface area contributed by atoms with Crippen LogP contribution in [0.5, 0.6) is 0 Å². The number of rotatable bonds is 0. The van der Waals surface area contributed by atoms with Gasteiger partial charge in [0.2, 0.25) is 0 Å².